The topological polar surface area (TPSA) is 20.2 Å². The lowest BCUT2D eigenvalue weighted by atomic mass is 9.83. The Bertz CT molecular complexity index is 151. The van der Waals surface area contributed by atoms with Gasteiger partial charge in [-0.25, -0.2) is 0 Å². The Morgan fingerprint density at radius 1 is 0.688 bits per heavy atom. The van der Waals surface area contributed by atoms with Crippen molar-refractivity contribution in [1.29, 1.82) is 0 Å². The summed E-state index contributed by atoms with van der Waals surface area (Å²) in [6.07, 6.45) is 4.36. The van der Waals surface area contributed by atoms with Crippen LogP contribution in [0, 0.1) is 23.7 Å². The third kappa shape index (κ3) is 8.15. The van der Waals surface area contributed by atoms with Gasteiger partial charge in [-0.3, -0.25) is 0 Å². The lowest BCUT2D eigenvalue weighted by Crippen LogP contribution is -2.24. The largest absolute Gasteiger partial charge is 0.393 e. The van der Waals surface area contributed by atoms with Gasteiger partial charge in [-0.2, -0.15) is 0 Å². The van der Waals surface area contributed by atoms with Gasteiger partial charge in [0.25, 0.3) is 0 Å². The molecular weight excluding hydrogens is 196 g/mol. The van der Waals surface area contributed by atoms with Gasteiger partial charge in [0.15, 0.2) is 0 Å². The SMILES string of the molecule is CC(C)CCC(O)C(CC(C)C)CC(C)C. The molecule has 0 amide bonds. The van der Waals surface area contributed by atoms with Gasteiger partial charge in [-0.1, -0.05) is 41.5 Å². The van der Waals surface area contributed by atoms with Crippen LogP contribution in [-0.2, 0) is 0 Å². The molecule has 0 aliphatic heterocycles. The van der Waals surface area contributed by atoms with E-state index < -0.39 is 0 Å². The molecule has 1 atom stereocenters. The first kappa shape index (κ1) is 16.0. The van der Waals surface area contributed by atoms with Crippen LogP contribution < -0.4 is 0 Å². The summed E-state index contributed by atoms with van der Waals surface area (Å²) in [6, 6.07) is 0. The summed E-state index contributed by atoms with van der Waals surface area (Å²) in [6.45, 7) is 13.5. The average Bonchev–Trinajstić information content (AvgIpc) is 2.11. The predicted octanol–water partition coefficient (Wildman–Crippen LogP) is 4.49. The van der Waals surface area contributed by atoms with Crippen LogP contribution in [0.1, 0.15) is 67.2 Å². The Balaban J connectivity index is 4.14. The summed E-state index contributed by atoms with van der Waals surface area (Å²) in [5.41, 5.74) is 0. The molecule has 0 aliphatic rings. The van der Waals surface area contributed by atoms with Crippen molar-refractivity contribution in [3.63, 3.8) is 0 Å². The molecule has 0 saturated heterocycles. The molecule has 0 aromatic rings. The molecule has 1 unspecified atom stereocenters. The summed E-state index contributed by atoms with van der Waals surface area (Å²) in [5.74, 6) is 2.59. The zero-order valence-electron chi connectivity index (χ0n) is 12.2. The number of aliphatic hydroxyl groups is 1. The summed E-state index contributed by atoms with van der Waals surface area (Å²) in [5, 5.41) is 10.3. The van der Waals surface area contributed by atoms with Crippen LogP contribution >= 0.6 is 0 Å². The first-order chi connectivity index (χ1) is 7.32. The van der Waals surface area contributed by atoms with Crippen LogP contribution in [-0.4, -0.2) is 11.2 Å². The molecule has 0 heterocycles. The predicted molar refractivity (Wildman–Crippen MR) is 72.5 cm³/mol. The molecule has 1 N–H and O–H groups in total. The van der Waals surface area contributed by atoms with Gasteiger partial charge in [0.1, 0.15) is 0 Å². The first-order valence-corrected chi connectivity index (χ1v) is 7.01. The number of rotatable bonds is 8. The van der Waals surface area contributed by atoms with E-state index in [0.29, 0.717) is 23.7 Å². The molecule has 0 bridgehead atoms. The van der Waals surface area contributed by atoms with Crippen molar-refractivity contribution in [2.24, 2.45) is 23.7 Å². The average molecular weight is 228 g/mol. The van der Waals surface area contributed by atoms with Crippen molar-refractivity contribution >= 4 is 0 Å². The van der Waals surface area contributed by atoms with Crippen LogP contribution in [0.25, 0.3) is 0 Å². The molecule has 0 spiro atoms. The molecule has 0 rings (SSSR count). The maximum absolute atomic E-state index is 10.3. The minimum absolute atomic E-state index is 0.0906. The fourth-order valence-electron chi connectivity index (χ4n) is 2.36. The molecule has 16 heavy (non-hydrogen) atoms. The van der Waals surface area contributed by atoms with E-state index in [2.05, 4.69) is 41.5 Å². The summed E-state index contributed by atoms with van der Waals surface area (Å²) >= 11 is 0. The monoisotopic (exact) mass is 228 g/mol. The standard InChI is InChI=1S/C15H32O/c1-11(2)7-8-15(16)14(9-12(3)4)10-13(5)6/h11-16H,7-10H2,1-6H3. The maximum atomic E-state index is 10.3. The minimum atomic E-state index is -0.0906. The van der Waals surface area contributed by atoms with Crippen molar-refractivity contribution in [3.8, 4) is 0 Å². The second-order valence-corrected chi connectivity index (χ2v) is 6.56. The fraction of sp³-hybridized carbons (Fsp3) is 1.00. The quantitative estimate of drug-likeness (QED) is 0.649. The third-order valence-electron chi connectivity index (χ3n) is 3.13. The van der Waals surface area contributed by atoms with Crippen molar-refractivity contribution in [2.45, 2.75) is 73.3 Å². The van der Waals surface area contributed by atoms with Crippen molar-refractivity contribution < 1.29 is 5.11 Å². The molecule has 0 aromatic carbocycles. The van der Waals surface area contributed by atoms with Gasteiger partial charge in [0, 0.05) is 0 Å². The van der Waals surface area contributed by atoms with E-state index in [9.17, 15) is 5.11 Å². The number of aliphatic hydroxyl groups excluding tert-OH is 1. The molecule has 0 radical (unpaired) electrons. The Labute approximate surface area is 103 Å². The van der Waals surface area contributed by atoms with E-state index in [1.165, 1.54) is 0 Å². The zero-order valence-corrected chi connectivity index (χ0v) is 12.2. The summed E-state index contributed by atoms with van der Waals surface area (Å²) in [7, 11) is 0. The molecule has 1 nitrogen and oxygen atoms in total. The lowest BCUT2D eigenvalue weighted by molar-refractivity contribution is 0.0698. The van der Waals surface area contributed by atoms with Gasteiger partial charge < -0.3 is 5.11 Å². The molecule has 0 aromatic heterocycles. The van der Waals surface area contributed by atoms with E-state index in [1.807, 2.05) is 0 Å². The maximum Gasteiger partial charge on any atom is 0.0568 e. The van der Waals surface area contributed by atoms with Gasteiger partial charge in [-0.15, -0.1) is 0 Å². The van der Waals surface area contributed by atoms with Gasteiger partial charge >= 0.3 is 0 Å². The normalized spacial score (nSPS) is 14.4. The molecular formula is C15H32O. The fourth-order valence-corrected chi connectivity index (χ4v) is 2.36. The molecule has 98 valence electrons. The summed E-state index contributed by atoms with van der Waals surface area (Å²) in [4.78, 5) is 0. The van der Waals surface area contributed by atoms with Crippen molar-refractivity contribution in [3.05, 3.63) is 0 Å². The highest BCUT2D eigenvalue weighted by molar-refractivity contribution is 4.72. The van der Waals surface area contributed by atoms with E-state index in [-0.39, 0.29) is 6.10 Å². The van der Waals surface area contributed by atoms with E-state index in [0.717, 1.165) is 25.7 Å². The Morgan fingerprint density at radius 2 is 1.12 bits per heavy atom. The van der Waals surface area contributed by atoms with Crippen molar-refractivity contribution in [1.82, 2.24) is 0 Å². The van der Waals surface area contributed by atoms with E-state index >= 15 is 0 Å². The second kappa shape index (κ2) is 8.11. The Kier molecular flexibility index (Phi) is 8.09. The van der Waals surface area contributed by atoms with Crippen LogP contribution in [0.4, 0.5) is 0 Å². The van der Waals surface area contributed by atoms with E-state index in [4.69, 9.17) is 0 Å². The van der Waals surface area contributed by atoms with Crippen LogP contribution in [0.2, 0.25) is 0 Å². The van der Waals surface area contributed by atoms with Gasteiger partial charge in [0.05, 0.1) is 6.10 Å². The molecule has 0 aliphatic carbocycles. The smallest absolute Gasteiger partial charge is 0.0568 e. The number of hydrogen-bond acceptors (Lipinski definition) is 1. The molecule has 1 heteroatoms. The van der Waals surface area contributed by atoms with Crippen LogP contribution in [0.15, 0.2) is 0 Å². The van der Waals surface area contributed by atoms with E-state index in [1.54, 1.807) is 0 Å². The third-order valence-corrected chi connectivity index (χ3v) is 3.13. The zero-order chi connectivity index (χ0) is 12.7. The van der Waals surface area contributed by atoms with Crippen molar-refractivity contribution in [2.75, 3.05) is 0 Å². The molecule has 0 fully saturated rings. The van der Waals surface area contributed by atoms with Crippen LogP contribution in [0.5, 0.6) is 0 Å². The van der Waals surface area contributed by atoms with Gasteiger partial charge in [0.2, 0.25) is 0 Å². The second-order valence-electron chi connectivity index (χ2n) is 6.56. The highest BCUT2D eigenvalue weighted by Crippen LogP contribution is 2.26. The van der Waals surface area contributed by atoms with Gasteiger partial charge in [-0.05, 0) is 49.4 Å². The highest BCUT2D eigenvalue weighted by atomic mass is 16.3. The first-order valence-electron chi connectivity index (χ1n) is 7.01. The lowest BCUT2D eigenvalue weighted by Gasteiger charge is -2.26. The Morgan fingerprint density at radius 3 is 1.44 bits per heavy atom. The highest BCUT2D eigenvalue weighted by Gasteiger charge is 2.21. The summed E-state index contributed by atoms with van der Waals surface area (Å²) < 4.78 is 0. The molecule has 0 saturated carbocycles. The minimum Gasteiger partial charge on any atom is -0.393 e. The number of hydrogen-bond donors (Lipinski definition) is 1. The Hall–Kier alpha value is -0.0400. The van der Waals surface area contributed by atoms with Crippen LogP contribution in [0.3, 0.4) is 0 Å².